The molecule has 0 bridgehead atoms. The lowest BCUT2D eigenvalue weighted by atomic mass is 9.75. The number of halogens is 2. The summed E-state index contributed by atoms with van der Waals surface area (Å²) in [5.41, 5.74) is 11.3. The van der Waals surface area contributed by atoms with Crippen molar-refractivity contribution >= 4 is 46.7 Å². The first kappa shape index (κ1) is 79.5. The maximum atomic E-state index is 14.4. The van der Waals surface area contributed by atoms with Gasteiger partial charge in [-0.2, -0.15) is 0 Å². The van der Waals surface area contributed by atoms with E-state index in [-0.39, 0.29) is 85.6 Å². The molecule has 0 radical (unpaired) electrons. The first-order valence-corrected chi connectivity index (χ1v) is 33.7. The van der Waals surface area contributed by atoms with Gasteiger partial charge in [-0.1, -0.05) is 132 Å². The topological polar surface area (TPSA) is 213 Å². The van der Waals surface area contributed by atoms with E-state index in [4.69, 9.17) is 34.2 Å². The summed E-state index contributed by atoms with van der Waals surface area (Å²) in [4.78, 5) is 79.0. The van der Waals surface area contributed by atoms with Gasteiger partial charge in [0.25, 0.3) is 5.91 Å². The van der Waals surface area contributed by atoms with Crippen LogP contribution in [-0.4, -0.2) is 93.6 Å². The Bertz CT molecular complexity index is 3750. The van der Waals surface area contributed by atoms with E-state index in [1.54, 1.807) is 80.6 Å². The van der Waals surface area contributed by atoms with Gasteiger partial charge in [0.2, 0.25) is 5.91 Å². The fourth-order valence-electron chi connectivity index (χ4n) is 12.3. The average molecular weight is 1360 g/mol. The molecule has 4 N–H and O–H groups in total. The summed E-state index contributed by atoms with van der Waals surface area (Å²) in [7, 11) is 0. The van der Waals surface area contributed by atoms with Crippen LogP contribution in [0.3, 0.4) is 0 Å². The molecule has 2 fully saturated rings. The highest BCUT2D eigenvalue weighted by Gasteiger charge is 2.43. The van der Waals surface area contributed by atoms with Crippen LogP contribution in [0.25, 0.3) is 22.4 Å². The van der Waals surface area contributed by atoms with E-state index in [0.29, 0.717) is 54.9 Å². The van der Waals surface area contributed by atoms with Crippen LogP contribution in [0.4, 0.5) is 20.2 Å². The smallest absolute Gasteiger partial charge is 0.308 e. The van der Waals surface area contributed by atoms with Crippen LogP contribution in [0.2, 0.25) is 0 Å². The number of esters is 2. The van der Waals surface area contributed by atoms with E-state index in [2.05, 4.69) is 29.0 Å². The third-order valence-corrected chi connectivity index (χ3v) is 16.0. The van der Waals surface area contributed by atoms with Gasteiger partial charge in [-0.05, 0) is 184 Å². The number of nitrogens with zero attached hydrogens (tertiary/aromatic N) is 1. The number of nitrogens with two attached hydrogens (primary N) is 1. The highest BCUT2D eigenvalue weighted by Crippen LogP contribution is 2.44. The lowest BCUT2D eigenvalue weighted by Crippen LogP contribution is -2.46. The number of anilines is 2. The van der Waals surface area contributed by atoms with Crippen LogP contribution in [-0.2, 0) is 54.1 Å². The standard InChI is InChI=1S/C40H47FN2O5.C26H24FNO3.C14H27NO4.CH4/c1-26(2)36-35(38(45)42-30-16-12-9-13-17-30)34(27-14-10-8-11-15-27)37(28-18-20-29(41)21-19-28)43(36)23-22-31-24-32(47-40(6,7)46-31)25-33(44)48-39(3,4)5;1-17(2)24(29)23(26(31)28-21-11-7-4-8-12-21)22(18-9-5-3-6-10-18)25(30)19-13-15-20(27)16-14-19;1-13(2,3)19-12(16)9-11-8-10(6-7-15)17-14(4,5)18-11;/h8-21,26,31-32H,22-25H2,1-7H3,(H,42,45);3-17,22-23H,1-2H3,(H,28,31);10-11H,6-9,15H2,1-5H3;1H4/t31-,32-;;10-,11-;/m1.1./s1. The number of hydrogen-bond acceptors (Lipinski definition) is 13. The predicted octanol–water partition coefficient (Wildman–Crippen LogP) is 17.3. The van der Waals surface area contributed by atoms with Crippen molar-refractivity contribution in [1.82, 2.24) is 4.57 Å². The number of ketones is 2. The molecule has 16 nitrogen and oxygen atoms in total. The van der Waals surface area contributed by atoms with Gasteiger partial charge >= 0.3 is 11.9 Å². The van der Waals surface area contributed by atoms with Crippen LogP contribution >= 0.6 is 0 Å². The molecule has 0 saturated carbocycles. The fraction of sp³-hybridized carbons (Fsp3) is 0.432. The van der Waals surface area contributed by atoms with E-state index in [0.717, 1.165) is 34.5 Å². The predicted molar refractivity (Wildman–Crippen MR) is 385 cm³/mol. The molecule has 9 rings (SSSR count). The number of carbonyl (C=O) groups excluding carboxylic acids is 6. The third-order valence-electron chi connectivity index (χ3n) is 16.0. The number of Topliss-reactive ketones (excluding diaryl/α,β-unsaturated/α-hetero) is 2. The molecule has 0 aliphatic carbocycles. The molecule has 1 aromatic heterocycles. The van der Waals surface area contributed by atoms with Crippen molar-refractivity contribution in [1.29, 1.82) is 0 Å². The Kier molecular flexibility index (Phi) is 28.5. The van der Waals surface area contributed by atoms with Crippen molar-refractivity contribution in [2.24, 2.45) is 17.6 Å². The molecule has 7 aromatic rings. The van der Waals surface area contributed by atoms with Gasteiger partial charge in [0, 0.05) is 53.5 Å². The number of carbonyl (C=O) groups is 6. The second-order valence-corrected chi connectivity index (χ2v) is 28.3. The van der Waals surface area contributed by atoms with Crippen LogP contribution in [0, 0.1) is 23.5 Å². The maximum Gasteiger partial charge on any atom is 0.308 e. The lowest BCUT2D eigenvalue weighted by molar-refractivity contribution is -0.301. The number of nitrogens with one attached hydrogen (secondary N) is 2. The molecule has 2 aliphatic rings. The van der Waals surface area contributed by atoms with Gasteiger partial charge in [-0.25, -0.2) is 8.78 Å². The number of amides is 2. The van der Waals surface area contributed by atoms with Crippen LogP contribution in [0.5, 0.6) is 0 Å². The summed E-state index contributed by atoms with van der Waals surface area (Å²) in [5.74, 6) is -7.20. The Morgan fingerprint density at radius 2 is 0.990 bits per heavy atom. The van der Waals surface area contributed by atoms with Gasteiger partial charge in [-0.15, -0.1) is 0 Å². The van der Waals surface area contributed by atoms with Crippen molar-refractivity contribution < 1.29 is 66.0 Å². The molecular formula is C81H102F2N4O12. The Morgan fingerprint density at radius 1 is 0.566 bits per heavy atom. The van der Waals surface area contributed by atoms with Gasteiger partial charge in [-0.3, -0.25) is 28.8 Å². The number of ether oxygens (including phenoxy) is 6. The Morgan fingerprint density at radius 3 is 1.43 bits per heavy atom. The maximum absolute atomic E-state index is 14.4. The number of benzene rings is 6. The number of para-hydroxylation sites is 2. The molecule has 3 heterocycles. The van der Waals surface area contributed by atoms with E-state index in [1.165, 1.54) is 36.4 Å². The van der Waals surface area contributed by atoms with E-state index >= 15 is 0 Å². The normalized spacial score (nSPS) is 17.8. The first-order valence-electron chi connectivity index (χ1n) is 33.7. The monoisotopic (exact) mass is 1360 g/mol. The molecule has 99 heavy (non-hydrogen) atoms. The quantitative estimate of drug-likeness (QED) is 0.0328. The number of hydrogen-bond donors (Lipinski definition) is 3. The molecular weight excluding hydrogens is 1260 g/mol. The Hall–Kier alpha value is -8.52. The van der Waals surface area contributed by atoms with E-state index in [1.807, 2.05) is 136 Å². The molecule has 2 aliphatic heterocycles. The van der Waals surface area contributed by atoms with Crippen molar-refractivity contribution in [3.63, 3.8) is 0 Å². The van der Waals surface area contributed by atoms with Gasteiger partial charge in [0.1, 0.15) is 34.5 Å². The second-order valence-electron chi connectivity index (χ2n) is 28.3. The summed E-state index contributed by atoms with van der Waals surface area (Å²) >= 11 is 0. The van der Waals surface area contributed by atoms with E-state index in [9.17, 15) is 37.5 Å². The number of rotatable bonds is 22. The zero-order chi connectivity index (χ0) is 71.7. The van der Waals surface area contributed by atoms with Gasteiger partial charge < -0.3 is 49.4 Å². The second kappa shape index (κ2) is 35.5. The summed E-state index contributed by atoms with van der Waals surface area (Å²) in [5, 5.41) is 5.90. The minimum atomic E-state index is -1.24. The molecule has 2 amide bonds. The van der Waals surface area contributed by atoms with Crippen molar-refractivity contribution in [3.05, 3.63) is 204 Å². The van der Waals surface area contributed by atoms with Crippen LogP contribution in [0.1, 0.15) is 187 Å². The average Bonchev–Trinajstić information content (AvgIpc) is 1.59. The largest absolute Gasteiger partial charge is 0.460 e. The summed E-state index contributed by atoms with van der Waals surface area (Å²) in [6.45, 7) is 27.2. The van der Waals surface area contributed by atoms with Gasteiger partial charge in [0.15, 0.2) is 17.4 Å². The van der Waals surface area contributed by atoms with Crippen LogP contribution in [0.15, 0.2) is 170 Å². The highest BCUT2D eigenvalue weighted by atomic mass is 19.1. The first-order chi connectivity index (χ1) is 46.2. The summed E-state index contributed by atoms with van der Waals surface area (Å²) in [6, 6.07) is 48.4. The van der Waals surface area contributed by atoms with Crippen molar-refractivity contribution in [2.45, 2.75) is 208 Å². The highest BCUT2D eigenvalue weighted by molar-refractivity contribution is 6.15. The number of aromatic nitrogens is 1. The van der Waals surface area contributed by atoms with Crippen molar-refractivity contribution in [2.75, 3.05) is 17.2 Å². The summed E-state index contributed by atoms with van der Waals surface area (Å²) < 4.78 is 64.9. The van der Waals surface area contributed by atoms with Gasteiger partial charge in [0.05, 0.1) is 54.4 Å². The third kappa shape index (κ3) is 23.8. The SMILES string of the molecule is C.CC(C)(C)OC(=O)C[C@H]1C[C@@H](CCN)OC(C)(C)O1.CC(C)C(=O)C(C(=O)Nc1ccccc1)C(C(=O)c1ccc(F)cc1)c1ccccc1.CC(C)c1c(C(=O)Nc2ccccc2)c(-c2ccccc2)c(-c2ccc(F)cc2)n1CC[C@@H]1C[C@H](CC(=O)OC(C)(C)C)OC(C)(C)O1. The van der Waals surface area contributed by atoms with Crippen LogP contribution < -0.4 is 16.4 Å². The molecule has 6 aromatic carbocycles. The summed E-state index contributed by atoms with van der Waals surface area (Å²) in [6.07, 6.45) is 2.22. The molecule has 6 atom stereocenters. The molecule has 2 saturated heterocycles. The fourth-order valence-corrected chi connectivity index (χ4v) is 12.3. The Balaban J connectivity index is 0.000000259. The molecule has 532 valence electrons. The lowest BCUT2D eigenvalue weighted by Gasteiger charge is -2.41. The minimum Gasteiger partial charge on any atom is -0.460 e. The zero-order valence-corrected chi connectivity index (χ0v) is 59.1. The Labute approximate surface area is 584 Å². The molecule has 0 spiro atoms. The minimum absolute atomic E-state index is 0. The molecule has 18 heteroatoms. The molecule has 2 unspecified atom stereocenters. The van der Waals surface area contributed by atoms with Crippen molar-refractivity contribution in [3.8, 4) is 22.4 Å². The van der Waals surface area contributed by atoms with E-state index < -0.39 is 58.0 Å². The zero-order valence-electron chi connectivity index (χ0n) is 59.1.